The van der Waals surface area contributed by atoms with E-state index in [1.807, 2.05) is 13.0 Å². The summed E-state index contributed by atoms with van der Waals surface area (Å²) in [6.45, 7) is 5.79. The number of hydrogen-bond donors (Lipinski definition) is 2. The molecule has 0 amide bonds. The number of hydrogen-bond acceptors (Lipinski definition) is 7. The lowest BCUT2D eigenvalue weighted by atomic mass is 10.0. The van der Waals surface area contributed by atoms with Gasteiger partial charge in [0.15, 0.2) is 5.82 Å². The molecule has 3 heterocycles. The van der Waals surface area contributed by atoms with Crippen molar-refractivity contribution in [1.29, 1.82) is 0 Å². The van der Waals surface area contributed by atoms with Crippen molar-refractivity contribution in [1.82, 2.24) is 19.9 Å². The van der Waals surface area contributed by atoms with Gasteiger partial charge in [0.05, 0.1) is 0 Å². The van der Waals surface area contributed by atoms with Crippen molar-refractivity contribution in [2.75, 3.05) is 23.3 Å². The van der Waals surface area contributed by atoms with E-state index in [4.69, 9.17) is 0 Å². The molecule has 0 bridgehead atoms. The van der Waals surface area contributed by atoms with Crippen LogP contribution < -0.4 is 10.2 Å². The molecule has 7 nitrogen and oxygen atoms in total. The van der Waals surface area contributed by atoms with Gasteiger partial charge in [-0.3, -0.25) is 0 Å². The molecule has 1 fully saturated rings. The summed E-state index contributed by atoms with van der Waals surface area (Å²) in [6.07, 6.45) is 4.61. The van der Waals surface area contributed by atoms with Gasteiger partial charge in [0.25, 0.3) is 0 Å². The molecule has 128 valence electrons. The highest BCUT2D eigenvalue weighted by Crippen LogP contribution is 2.20. The van der Waals surface area contributed by atoms with Gasteiger partial charge in [-0.2, -0.15) is 0 Å². The van der Waals surface area contributed by atoms with Gasteiger partial charge in [-0.25, -0.2) is 19.9 Å². The van der Waals surface area contributed by atoms with Crippen LogP contribution in [0.25, 0.3) is 0 Å². The van der Waals surface area contributed by atoms with E-state index in [1.165, 1.54) is 0 Å². The number of anilines is 2. The maximum Gasteiger partial charge on any atom is 0.156 e. The molecule has 3 rings (SSSR count). The molecule has 0 atom stereocenters. The lowest BCUT2D eigenvalue weighted by molar-refractivity contribution is 0.271. The first kappa shape index (κ1) is 16.6. The molecule has 24 heavy (non-hydrogen) atoms. The van der Waals surface area contributed by atoms with Gasteiger partial charge in [0.1, 0.15) is 24.6 Å². The minimum absolute atomic E-state index is 0.137. The van der Waals surface area contributed by atoms with E-state index in [0.717, 1.165) is 55.4 Å². The predicted octanol–water partition coefficient (Wildman–Crippen LogP) is 1.71. The molecular formula is C17H24N6O. The molecule has 0 aliphatic carbocycles. The van der Waals surface area contributed by atoms with Crippen LogP contribution in [-0.4, -0.2) is 44.2 Å². The Morgan fingerprint density at radius 2 is 2.00 bits per heavy atom. The minimum atomic E-state index is -0.137. The van der Waals surface area contributed by atoms with Gasteiger partial charge in [-0.05, 0) is 26.2 Å². The van der Waals surface area contributed by atoms with Crippen LogP contribution in [-0.2, 0) is 13.0 Å². The van der Waals surface area contributed by atoms with Crippen LogP contribution in [0, 0.1) is 6.92 Å². The van der Waals surface area contributed by atoms with Gasteiger partial charge in [-0.15, -0.1) is 0 Å². The Bertz CT molecular complexity index is 685. The van der Waals surface area contributed by atoms with Gasteiger partial charge in [0.2, 0.25) is 0 Å². The fourth-order valence-corrected chi connectivity index (χ4v) is 2.99. The number of aryl methyl sites for hydroxylation is 2. The van der Waals surface area contributed by atoms with Crippen molar-refractivity contribution in [2.45, 2.75) is 45.8 Å². The van der Waals surface area contributed by atoms with Crippen LogP contribution in [0.1, 0.15) is 37.0 Å². The summed E-state index contributed by atoms with van der Waals surface area (Å²) in [4.78, 5) is 19.5. The van der Waals surface area contributed by atoms with Gasteiger partial charge in [0, 0.05) is 42.7 Å². The average Bonchev–Trinajstić information content (AvgIpc) is 2.62. The number of nitrogens with one attached hydrogen (secondary N) is 1. The van der Waals surface area contributed by atoms with Crippen molar-refractivity contribution >= 4 is 11.6 Å². The summed E-state index contributed by atoms with van der Waals surface area (Å²) < 4.78 is 0. The monoisotopic (exact) mass is 328 g/mol. The molecular weight excluding hydrogens is 304 g/mol. The Labute approximate surface area is 142 Å². The molecule has 1 aliphatic rings. The summed E-state index contributed by atoms with van der Waals surface area (Å²) in [5, 5.41) is 12.7. The Morgan fingerprint density at radius 3 is 2.71 bits per heavy atom. The first-order chi connectivity index (χ1) is 11.7. The number of rotatable bonds is 5. The molecule has 2 aromatic heterocycles. The van der Waals surface area contributed by atoms with Crippen molar-refractivity contribution in [3.05, 3.63) is 35.7 Å². The smallest absolute Gasteiger partial charge is 0.156 e. The SMILES string of the molecule is CCc1cc(N2CCC(Nc3cc(C)nc(CO)n3)CC2)ncn1. The number of aliphatic hydroxyl groups is 1. The fourth-order valence-electron chi connectivity index (χ4n) is 2.99. The number of nitrogens with zero attached hydrogens (tertiary/aromatic N) is 5. The van der Waals surface area contributed by atoms with E-state index >= 15 is 0 Å². The van der Waals surface area contributed by atoms with E-state index in [0.29, 0.717) is 11.9 Å². The van der Waals surface area contributed by atoms with Gasteiger partial charge >= 0.3 is 0 Å². The molecule has 2 N–H and O–H groups in total. The maximum absolute atomic E-state index is 9.22. The molecule has 1 saturated heterocycles. The van der Waals surface area contributed by atoms with E-state index in [2.05, 4.69) is 43.1 Å². The van der Waals surface area contributed by atoms with Crippen molar-refractivity contribution in [3.63, 3.8) is 0 Å². The largest absolute Gasteiger partial charge is 0.388 e. The van der Waals surface area contributed by atoms with Crippen molar-refractivity contribution < 1.29 is 5.11 Å². The van der Waals surface area contributed by atoms with E-state index in [-0.39, 0.29) is 6.61 Å². The van der Waals surface area contributed by atoms with Crippen LogP contribution in [0.4, 0.5) is 11.6 Å². The number of aliphatic hydroxyl groups excluding tert-OH is 1. The van der Waals surface area contributed by atoms with Crippen molar-refractivity contribution in [2.24, 2.45) is 0 Å². The third kappa shape index (κ3) is 3.97. The predicted molar refractivity (Wildman–Crippen MR) is 93.0 cm³/mol. The molecule has 0 radical (unpaired) electrons. The summed E-state index contributed by atoms with van der Waals surface area (Å²) in [5.74, 6) is 2.27. The highest BCUT2D eigenvalue weighted by Gasteiger charge is 2.21. The molecule has 0 unspecified atom stereocenters. The lowest BCUT2D eigenvalue weighted by Gasteiger charge is -2.33. The minimum Gasteiger partial charge on any atom is -0.388 e. The Kier molecular flexibility index (Phi) is 5.20. The van der Waals surface area contributed by atoms with E-state index in [9.17, 15) is 5.11 Å². The number of piperidine rings is 1. The number of aromatic nitrogens is 4. The summed E-state index contributed by atoms with van der Waals surface area (Å²) >= 11 is 0. The van der Waals surface area contributed by atoms with Crippen LogP contribution in [0.3, 0.4) is 0 Å². The summed E-state index contributed by atoms with van der Waals surface area (Å²) in [6, 6.07) is 4.37. The lowest BCUT2D eigenvalue weighted by Crippen LogP contribution is -2.39. The van der Waals surface area contributed by atoms with Crippen LogP contribution >= 0.6 is 0 Å². The molecule has 2 aromatic rings. The second-order valence-electron chi connectivity index (χ2n) is 6.10. The van der Waals surface area contributed by atoms with E-state index < -0.39 is 0 Å². The summed E-state index contributed by atoms with van der Waals surface area (Å²) in [7, 11) is 0. The second-order valence-corrected chi connectivity index (χ2v) is 6.10. The van der Waals surface area contributed by atoms with Crippen LogP contribution in [0.2, 0.25) is 0 Å². The highest BCUT2D eigenvalue weighted by atomic mass is 16.3. The molecule has 0 spiro atoms. The zero-order chi connectivity index (χ0) is 16.9. The fraction of sp³-hybridized carbons (Fsp3) is 0.529. The summed E-state index contributed by atoms with van der Waals surface area (Å²) in [5.41, 5.74) is 1.94. The van der Waals surface area contributed by atoms with Crippen LogP contribution in [0.5, 0.6) is 0 Å². The highest BCUT2D eigenvalue weighted by molar-refractivity contribution is 5.41. The van der Waals surface area contributed by atoms with Crippen molar-refractivity contribution in [3.8, 4) is 0 Å². The first-order valence-electron chi connectivity index (χ1n) is 8.45. The Morgan fingerprint density at radius 1 is 1.21 bits per heavy atom. The third-order valence-electron chi connectivity index (χ3n) is 4.28. The standard InChI is InChI=1S/C17H24N6O/c1-3-13-9-17(19-11-18-13)23-6-4-14(5-7-23)21-15-8-12(2)20-16(10-24)22-15/h8-9,11,14,24H,3-7,10H2,1-2H3,(H,20,21,22). The molecule has 7 heteroatoms. The Hall–Kier alpha value is -2.28. The molecule has 0 saturated carbocycles. The van der Waals surface area contributed by atoms with Crippen LogP contribution in [0.15, 0.2) is 18.5 Å². The van der Waals surface area contributed by atoms with Gasteiger partial charge < -0.3 is 15.3 Å². The normalized spacial score (nSPS) is 15.5. The van der Waals surface area contributed by atoms with Gasteiger partial charge in [-0.1, -0.05) is 6.92 Å². The second kappa shape index (κ2) is 7.53. The quantitative estimate of drug-likeness (QED) is 0.864. The molecule has 0 aromatic carbocycles. The van der Waals surface area contributed by atoms with E-state index in [1.54, 1.807) is 6.33 Å². The topological polar surface area (TPSA) is 87.1 Å². The average molecular weight is 328 g/mol. The zero-order valence-corrected chi connectivity index (χ0v) is 14.2. The third-order valence-corrected chi connectivity index (χ3v) is 4.28. The molecule has 1 aliphatic heterocycles. The zero-order valence-electron chi connectivity index (χ0n) is 14.2. The maximum atomic E-state index is 9.22. The first-order valence-corrected chi connectivity index (χ1v) is 8.45. The Balaban J connectivity index is 1.60.